The summed E-state index contributed by atoms with van der Waals surface area (Å²) in [5, 5.41) is 9.95. The van der Waals surface area contributed by atoms with Crippen LogP contribution in [0, 0.1) is 0 Å². The van der Waals surface area contributed by atoms with Gasteiger partial charge in [-0.3, -0.25) is 4.79 Å². The molecule has 1 aromatic heterocycles. The molecule has 1 aliphatic carbocycles. The number of rotatable bonds is 6. The molecule has 2 aromatic rings. The van der Waals surface area contributed by atoms with E-state index in [1.807, 2.05) is 12.1 Å². The molecule has 24 heavy (non-hydrogen) atoms. The minimum Gasteiger partial charge on any atom is -0.492 e. The zero-order chi connectivity index (χ0) is 16.9. The number of carbonyl (C=O) groups excluding carboxylic acids is 1. The van der Waals surface area contributed by atoms with Gasteiger partial charge in [0.25, 0.3) is 0 Å². The Labute approximate surface area is 140 Å². The molecule has 7 nitrogen and oxygen atoms in total. The number of nitrogen functional groups attached to an aromatic ring is 1. The fourth-order valence-corrected chi connectivity index (χ4v) is 3.23. The zero-order valence-electron chi connectivity index (χ0n) is 13.5. The van der Waals surface area contributed by atoms with E-state index in [4.69, 9.17) is 15.6 Å². The maximum Gasteiger partial charge on any atom is 0.248 e. The molecule has 3 rings (SSSR count). The normalized spacial score (nSPS) is 14.9. The van der Waals surface area contributed by atoms with Gasteiger partial charge in [-0.25, -0.2) is 9.97 Å². The second-order valence-corrected chi connectivity index (χ2v) is 5.97. The number of amides is 1. The van der Waals surface area contributed by atoms with Crippen molar-refractivity contribution in [3.8, 4) is 5.75 Å². The molecule has 1 aliphatic rings. The van der Waals surface area contributed by atoms with E-state index in [0.29, 0.717) is 24.7 Å². The van der Waals surface area contributed by atoms with Gasteiger partial charge in [0, 0.05) is 17.5 Å². The molecule has 7 heteroatoms. The zero-order valence-corrected chi connectivity index (χ0v) is 13.5. The molecule has 1 aromatic carbocycles. The van der Waals surface area contributed by atoms with Gasteiger partial charge in [0.1, 0.15) is 31.1 Å². The number of nitrogens with two attached hydrogens (primary N) is 1. The Morgan fingerprint density at radius 3 is 2.88 bits per heavy atom. The van der Waals surface area contributed by atoms with E-state index in [0.717, 1.165) is 36.6 Å². The lowest BCUT2D eigenvalue weighted by Crippen LogP contribution is -2.42. The Balaban J connectivity index is 1.63. The Kier molecular flexibility index (Phi) is 5.10. The first-order valence-corrected chi connectivity index (χ1v) is 8.22. The van der Waals surface area contributed by atoms with Crippen molar-refractivity contribution in [1.82, 2.24) is 14.9 Å². The highest BCUT2D eigenvalue weighted by atomic mass is 16.5. The number of fused-ring (bicyclic) bond motifs is 1. The van der Waals surface area contributed by atoms with Crippen LogP contribution in [0.4, 0.5) is 5.82 Å². The summed E-state index contributed by atoms with van der Waals surface area (Å²) in [6.45, 7) is 0.380. The molecule has 0 saturated heterocycles. The molecule has 0 aliphatic heterocycles. The monoisotopic (exact) mass is 330 g/mol. The Morgan fingerprint density at radius 1 is 1.33 bits per heavy atom. The number of nitrogens with zero attached hydrogens (tertiary/aromatic N) is 3. The van der Waals surface area contributed by atoms with Crippen LogP contribution in [0.3, 0.4) is 0 Å². The third kappa shape index (κ3) is 3.56. The number of ether oxygens (including phenoxy) is 1. The molecule has 0 unspecified atom stereocenters. The van der Waals surface area contributed by atoms with Gasteiger partial charge in [0.05, 0.1) is 12.1 Å². The van der Waals surface area contributed by atoms with E-state index in [1.165, 1.54) is 6.33 Å². The number of aliphatic hydroxyl groups is 1. The van der Waals surface area contributed by atoms with Crippen molar-refractivity contribution < 1.29 is 14.6 Å². The SMILES string of the molecule is Nc1ncnc2cc(OCCN(C(=O)CO)C3CCCC3)ccc12. The van der Waals surface area contributed by atoms with Crippen LogP contribution in [0.25, 0.3) is 10.9 Å². The van der Waals surface area contributed by atoms with Crippen LogP contribution in [0.1, 0.15) is 25.7 Å². The number of carbonyl (C=O) groups is 1. The summed E-state index contributed by atoms with van der Waals surface area (Å²) in [7, 11) is 0. The fraction of sp³-hybridized carbons (Fsp3) is 0.471. The highest BCUT2D eigenvalue weighted by Crippen LogP contribution is 2.24. The van der Waals surface area contributed by atoms with Crippen LogP contribution in [-0.2, 0) is 4.79 Å². The third-order valence-electron chi connectivity index (χ3n) is 4.46. The minimum atomic E-state index is -0.456. The molecule has 128 valence electrons. The highest BCUT2D eigenvalue weighted by Gasteiger charge is 2.25. The van der Waals surface area contributed by atoms with Gasteiger partial charge in [-0.05, 0) is 25.0 Å². The van der Waals surface area contributed by atoms with Crippen LogP contribution in [-0.4, -0.2) is 51.7 Å². The van der Waals surface area contributed by atoms with Gasteiger partial charge in [0.2, 0.25) is 5.91 Å². The van der Waals surface area contributed by atoms with E-state index < -0.39 is 6.61 Å². The summed E-state index contributed by atoms with van der Waals surface area (Å²) in [6.07, 6.45) is 5.68. The smallest absolute Gasteiger partial charge is 0.248 e. The molecule has 0 spiro atoms. The van der Waals surface area contributed by atoms with Gasteiger partial charge in [0.15, 0.2) is 0 Å². The predicted octanol–water partition coefficient (Wildman–Crippen LogP) is 1.35. The van der Waals surface area contributed by atoms with E-state index in [-0.39, 0.29) is 11.9 Å². The Hall–Kier alpha value is -2.41. The van der Waals surface area contributed by atoms with Crippen LogP contribution in [0.2, 0.25) is 0 Å². The van der Waals surface area contributed by atoms with Crippen molar-refractivity contribution in [3.05, 3.63) is 24.5 Å². The van der Waals surface area contributed by atoms with E-state index in [9.17, 15) is 4.79 Å². The summed E-state index contributed by atoms with van der Waals surface area (Å²) in [4.78, 5) is 21.8. The average Bonchev–Trinajstić information content (AvgIpc) is 3.12. The number of aromatic nitrogens is 2. The van der Waals surface area contributed by atoms with E-state index >= 15 is 0 Å². The summed E-state index contributed by atoms with van der Waals surface area (Å²) in [5.41, 5.74) is 6.53. The average molecular weight is 330 g/mol. The van der Waals surface area contributed by atoms with Gasteiger partial charge >= 0.3 is 0 Å². The largest absolute Gasteiger partial charge is 0.492 e. The summed E-state index contributed by atoms with van der Waals surface area (Å²) in [5.74, 6) is 0.875. The lowest BCUT2D eigenvalue weighted by atomic mass is 10.2. The van der Waals surface area contributed by atoms with E-state index in [2.05, 4.69) is 9.97 Å². The number of hydrogen-bond donors (Lipinski definition) is 2. The molecular formula is C17H22N4O3. The Morgan fingerprint density at radius 2 is 2.12 bits per heavy atom. The van der Waals surface area contributed by atoms with Crippen molar-refractivity contribution >= 4 is 22.6 Å². The van der Waals surface area contributed by atoms with Crippen LogP contribution in [0.15, 0.2) is 24.5 Å². The number of anilines is 1. The maximum atomic E-state index is 11.9. The van der Waals surface area contributed by atoms with Gasteiger partial charge in [-0.2, -0.15) is 0 Å². The predicted molar refractivity (Wildman–Crippen MR) is 90.5 cm³/mol. The molecule has 1 heterocycles. The van der Waals surface area contributed by atoms with Crippen molar-refractivity contribution in [2.75, 3.05) is 25.5 Å². The van der Waals surface area contributed by atoms with Crippen LogP contribution in [0.5, 0.6) is 5.75 Å². The third-order valence-corrected chi connectivity index (χ3v) is 4.46. The molecule has 0 radical (unpaired) electrons. The van der Waals surface area contributed by atoms with Crippen molar-refractivity contribution in [2.45, 2.75) is 31.7 Å². The van der Waals surface area contributed by atoms with Gasteiger partial charge < -0.3 is 20.5 Å². The topological polar surface area (TPSA) is 102 Å². The molecule has 1 fully saturated rings. The lowest BCUT2D eigenvalue weighted by Gasteiger charge is -2.28. The van der Waals surface area contributed by atoms with Crippen LogP contribution >= 0.6 is 0 Å². The fourth-order valence-electron chi connectivity index (χ4n) is 3.23. The van der Waals surface area contributed by atoms with E-state index in [1.54, 1.807) is 11.0 Å². The number of hydrogen-bond acceptors (Lipinski definition) is 6. The minimum absolute atomic E-state index is 0.220. The summed E-state index contributed by atoms with van der Waals surface area (Å²) >= 11 is 0. The molecule has 0 bridgehead atoms. The number of benzene rings is 1. The molecule has 1 amide bonds. The second kappa shape index (κ2) is 7.44. The first-order valence-electron chi connectivity index (χ1n) is 8.22. The molecule has 0 atom stereocenters. The van der Waals surface area contributed by atoms with Gasteiger partial charge in [-0.15, -0.1) is 0 Å². The van der Waals surface area contributed by atoms with Crippen LogP contribution < -0.4 is 10.5 Å². The standard InChI is InChI=1S/C17H22N4O3/c18-17-14-6-5-13(9-15(14)19-11-20-17)24-8-7-21(16(23)10-22)12-3-1-2-4-12/h5-6,9,11-12,22H,1-4,7-8,10H2,(H2,18,19,20). The summed E-state index contributed by atoms with van der Waals surface area (Å²) in [6, 6.07) is 5.67. The first-order chi connectivity index (χ1) is 11.7. The second-order valence-electron chi connectivity index (χ2n) is 5.97. The molecule has 3 N–H and O–H groups in total. The number of aliphatic hydroxyl groups excluding tert-OH is 1. The summed E-state index contributed by atoms with van der Waals surface area (Å²) < 4.78 is 5.76. The molecule has 1 saturated carbocycles. The Bertz CT molecular complexity index is 716. The first kappa shape index (κ1) is 16.4. The quantitative estimate of drug-likeness (QED) is 0.829. The van der Waals surface area contributed by atoms with Gasteiger partial charge in [-0.1, -0.05) is 12.8 Å². The lowest BCUT2D eigenvalue weighted by molar-refractivity contribution is -0.136. The van der Waals surface area contributed by atoms with Crippen molar-refractivity contribution in [3.63, 3.8) is 0 Å². The highest BCUT2D eigenvalue weighted by molar-refractivity contribution is 5.88. The molecular weight excluding hydrogens is 308 g/mol. The van der Waals surface area contributed by atoms with Crippen molar-refractivity contribution in [2.24, 2.45) is 0 Å². The van der Waals surface area contributed by atoms with Crippen molar-refractivity contribution in [1.29, 1.82) is 0 Å². The maximum absolute atomic E-state index is 11.9.